The maximum absolute atomic E-state index is 14.0. The summed E-state index contributed by atoms with van der Waals surface area (Å²) in [4.78, 5) is 12.5. The van der Waals surface area contributed by atoms with E-state index in [1.807, 2.05) is 4.90 Å². The summed E-state index contributed by atoms with van der Waals surface area (Å²) in [5.74, 6) is 1.06. The molecule has 1 aromatic rings. The number of hydrogen-bond acceptors (Lipinski definition) is 5. The van der Waals surface area contributed by atoms with Crippen molar-refractivity contribution >= 4 is 11.8 Å². The molecule has 2 heterocycles. The molecule has 2 rings (SSSR count). The highest BCUT2D eigenvalue weighted by Crippen LogP contribution is 2.26. The van der Waals surface area contributed by atoms with Crippen LogP contribution in [0.1, 0.15) is 20.3 Å². The fourth-order valence-corrected chi connectivity index (χ4v) is 2.70. The van der Waals surface area contributed by atoms with Gasteiger partial charge >= 0.3 is 0 Å². The topological polar surface area (TPSA) is 44.3 Å². The molecule has 0 amide bonds. The van der Waals surface area contributed by atoms with Gasteiger partial charge in [0, 0.05) is 25.7 Å². The van der Waals surface area contributed by atoms with Gasteiger partial charge in [0.15, 0.2) is 11.6 Å². The third-order valence-electron chi connectivity index (χ3n) is 3.79. The van der Waals surface area contributed by atoms with E-state index in [1.165, 1.54) is 6.20 Å². The quantitative estimate of drug-likeness (QED) is 0.892. The number of hydrogen-bond donors (Lipinski definition) is 1. The minimum absolute atomic E-state index is 0.348. The van der Waals surface area contributed by atoms with Crippen molar-refractivity contribution in [3.8, 4) is 0 Å². The molecule has 2 atom stereocenters. The monoisotopic (exact) mass is 281 g/mol. The molecule has 2 unspecified atom stereocenters. The number of rotatable bonds is 5. The van der Waals surface area contributed by atoms with Crippen LogP contribution in [-0.2, 0) is 0 Å². The van der Waals surface area contributed by atoms with E-state index in [0.29, 0.717) is 23.7 Å². The maximum atomic E-state index is 14.0. The first-order valence-electron chi connectivity index (χ1n) is 7.20. The molecule has 1 fully saturated rings. The highest BCUT2D eigenvalue weighted by molar-refractivity contribution is 5.45. The molecule has 1 aliphatic rings. The highest BCUT2D eigenvalue weighted by atomic mass is 19.1. The number of anilines is 2. The highest BCUT2D eigenvalue weighted by Gasteiger charge is 2.33. The van der Waals surface area contributed by atoms with Gasteiger partial charge in [0.25, 0.3) is 0 Å². The van der Waals surface area contributed by atoms with E-state index in [1.54, 1.807) is 0 Å². The van der Waals surface area contributed by atoms with E-state index < -0.39 is 0 Å². The van der Waals surface area contributed by atoms with Crippen molar-refractivity contribution in [2.24, 2.45) is 5.92 Å². The SMILES string of the molecule is CCCNc1ncc(F)c(N2CC(C)C(N(C)C)C2)n1. The first-order chi connectivity index (χ1) is 9.52. The second-order valence-electron chi connectivity index (χ2n) is 5.71. The minimum Gasteiger partial charge on any atom is -0.354 e. The molecular weight excluding hydrogens is 257 g/mol. The lowest BCUT2D eigenvalue weighted by atomic mass is 10.1. The lowest BCUT2D eigenvalue weighted by Crippen LogP contribution is -2.34. The second kappa shape index (κ2) is 6.35. The summed E-state index contributed by atoms with van der Waals surface area (Å²) in [6.07, 6.45) is 2.24. The molecule has 1 aromatic heterocycles. The predicted octanol–water partition coefficient (Wildman–Crippen LogP) is 1.82. The van der Waals surface area contributed by atoms with Crippen molar-refractivity contribution in [2.75, 3.05) is 43.9 Å². The van der Waals surface area contributed by atoms with Crippen LogP contribution in [0.15, 0.2) is 6.20 Å². The van der Waals surface area contributed by atoms with Crippen molar-refractivity contribution in [3.05, 3.63) is 12.0 Å². The van der Waals surface area contributed by atoms with Crippen molar-refractivity contribution in [3.63, 3.8) is 0 Å². The van der Waals surface area contributed by atoms with Gasteiger partial charge in [-0.15, -0.1) is 0 Å². The number of nitrogens with zero attached hydrogens (tertiary/aromatic N) is 4. The zero-order chi connectivity index (χ0) is 14.7. The second-order valence-corrected chi connectivity index (χ2v) is 5.71. The Hall–Kier alpha value is -1.43. The molecule has 20 heavy (non-hydrogen) atoms. The molecule has 112 valence electrons. The van der Waals surface area contributed by atoms with Crippen molar-refractivity contribution in [2.45, 2.75) is 26.3 Å². The Morgan fingerprint density at radius 3 is 2.80 bits per heavy atom. The van der Waals surface area contributed by atoms with Crippen LogP contribution in [-0.4, -0.2) is 54.6 Å². The van der Waals surface area contributed by atoms with Crippen LogP contribution >= 0.6 is 0 Å². The summed E-state index contributed by atoms with van der Waals surface area (Å²) in [5.41, 5.74) is 0. The molecule has 0 aromatic carbocycles. The fraction of sp³-hybridized carbons (Fsp3) is 0.714. The molecule has 0 bridgehead atoms. The molecule has 1 N–H and O–H groups in total. The molecule has 0 saturated carbocycles. The van der Waals surface area contributed by atoms with Gasteiger partial charge < -0.3 is 15.1 Å². The van der Waals surface area contributed by atoms with E-state index in [4.69, 9.17) is 0 Å². The Bertz CT molecular complexity index is 451. The Kier molecular flexibility index (Phi) is 4.75. The summed E-state index contributed by atoms with van der Waals surface area (Å²) < 4.78 is 14.0. The van der Waals surface area contributed by atoms with E-state index in [0.717, 1.165) is 26.1 Å². The average molecular weight is 281 g/mol. The number of nitrogens with one attached hydrogen (secondary N) is 1. The summed E-state index contributed by atoms with van der Waals surface area (Å²) in [6.45, 7) is 6.68. The normalized spacial score (nSPS) is 22.6. The summed E-state index contributed by atoms with van der Waals surface area (Å²) in [7, 11) is 4.13. The molecular formula is C14H24FN5. The zero-order valence-electron chi connectivity index (χ0n) is 12.7. The standard InChI is InChI=1S/C14H24FN5/c1-5-6-16-14-17-7-11(15)13(18-14)20-8-10(2)12(9-20)19(3)4/h7,10,12H,5-6,8-9H2,1-4H3,(H,16,17,18). The molecule has 5 nitrogen and oxygen atoms in total. The first-order valence-corrected chi connectivity index (χ1v) is 7.20. The minimum atomic E-state index is -0.348. The molecule has 0 radical (unpaired) electrons. The summed E-state index contributed by atoms with van der Waals surface area (Å²) in [6, 6.07) is 0.427. The van der Waals surface area contributed by atoms with Crippen LogP contribution in [0.5, 0.6) is 0 Å². The van der Waals surface area contributed by atoms with Crippen LogP contribution in [0, 0.1) is 11.7 Å². The van der Waals surface area contributed by atoms with E-state index in [2.05, 4.69) is 48.1 Å². The van der Waals surface area contributed by atoms with Crippen LogP contribution in [0.4, 0.5) is 16.2 Å². The third-order valence-corrected chi connectivity index (χ3v) is 3.79. The lowest BCUT2D eigenvalue weighted by molar-refractivity contribution is 0.266. The van der Waals surface area contributed by atoms with Gasteiger partial charge in [0.1, 0.15) is 0 Å². The maximum Gasteiger partial charge on any atom is 0.224 e. The molecule has 1 aliphatic heterocycles. The van der Waals surface area contributed by atoms with Gasteiger partial charge in [-0.2, -0.15) is 4.98 Å². The fourth-order valence-electron chi connectivity index (χ4n) is 2.70. The number of halogens is 1. The lowest BCUT2D eigenvalue weighted by Gasteiger charge is -2.22. The van der Waals surface area contributed by atoms with E-state index in [-0.39, 0.29) is 5.82 Å². The molecule has 0 spiro atoms. The van der Waals surface area contributed by atoms with E-state index in [9.17, 15) is 4.39 Å². The Morgan fingerprint density at radius 2 is 2.20 bits per heavy atom. The Morgan fingerprint density at radius 1 is 1.45 bits per heavy atom. The largest absolute Gasteiger partial charge is 0.354 e. The zero-order valence-corrected chi connectivity index (χ0v) is 12.7. The number of likely N-dealkylation sites (N-methyl/N-ethyl adjacent to an activating group) is 1. The van der Waals surface area contributed by atoms with Gasteiger partial charge in [0.05, 0.1) is 6.20 Å². The third kappa shape index (κ3) is 3.17. The van der Waals surface area contributed by atoms with Gasteiger partial charge in [-0.25, -0.2) is 9.37 Å². The number of aromatic nitrogens is 2. The molecule has 6 heteroatoms. The van der Waals surface area contributed by atoms with Crippen LogP contribution in [0.3, 0.4) is 0 Å². The van der Waals surface area contributed by atoms with E-state index >= 15 is 0 Å². The average Bonchev–Trinajstić information content (AvgIpc) is 2.80. The Balaban J connectivity index is 2.16. The van der Waals surface area contributed by atoms with Crippen molar-refractivity contribution in [1.29, 1.82) is 0 Å². The summed E-state index contributed by atoms with van der Waals surface area (Å²) >= 11 is 0. The Labute approximate surface area is 120 Å². The van der Waals surface area contributed by atoms with Gasteiger partial charge in [-0.05, 0) is 26.4 Å². The summed E-state index contributed by atoms with van der Waals surface area (Å²) in [5, 5.41) is 3.10. The first kappa shape index (κ1) is 15.0. The smallest absolute Gasteiger partial charge is 0.224 e. The van der Waals surface area contributed by atoms with Crippen LogP contribution in [0.25, 0.3) is 0 Å². The van der Waals surface area contributed by atoms with Gasteiger partial charge in [-0.3, -0.25) is 0 Å². The predicted molar refractivity (Wildman–Crippen MR) is 79.6 cm³/mol. The molecule has 0 aliphatic carbocycles. The van der Waals surface area contributed by atoms with Crippen molar-refractivity contribution in [1.82, 2.24) is 14.9 Å². The van der Waals surface area contributed by atoms with Crippen LogP contribution in [0.2, 0.25) is 0 Å². The molecule has 1 saturated heterocycles. The van der Waals surface area contributed by atoms with Gasteiger partial charge in [-0.1, -0.05) is 13.8 Å². The van der Waals surface area contributed by atoms with Crippen molar-refractivity contribution < 1.29 is 4.39 Å². The van der Waals surface area contributed by atoms with Crippen LogP contribution < -0.4 is 10.2 Å². The van der Waals surface area contributed by atoms with Gasteiger partial charge in [0.2, 0.25) is 5.95 Å².